The Kier molecular flexibility index (Phi) is 11.3. The van der Waals surface area contributed by atoms with Crippen LogP contribution in [0.5, 0.6) is 0 Å². The minimum Gasteiger partial charge on any atom is -0.384 e. The molecule has 0 heterocycles. The van der Waals surface area contributed by atoms with E-state index in [1.807, 2.05) is 0 Å². The van der Waals surface area contributed by atoms with Gasteiger partial charge in [-0.05, 0) is 37.0 Å². The van der Waals surface area contributed by atoms with Gasteiger partial charge >= 0.3 is 0 Å². The van der Waals surface area contributed by atoms with Crippen molar-refractivity contribution in [3.63, 3.8) is 0 Å². The molecule has 0 aliphatic heterocycles. The lowest BCUT2D eigenvalue weighted by molar-refractivity contribution is -0.0840. The molecular formula is C17H36O4. The molecule has 0 amide bonds. The van der Waals surface area contributed by atoms with Crippen LogP contribution in [0.4, 0.5) is 0 Å². The molecule has 3 unspecified atom stereocenters. The summed E-state index contributed by atoms with van der Waals surface area (Å²) in [5.74, 6) is 0.602. The van der Waals surface area contributed by atoms with E-state index < -0.39 is 6.29 Å². The highest BCUT2D eigenvalue weighted by Crippen LogP contribution is 2.31. The number of hydrogen-bond acceptors (Lipinski definition) is 4. The Bertz CT molecular complexity index is 243. The summed E-state index contributed by atoms with van der Waals surface area (Å²) in [4.78, 5) is 0. The molecule has 128 valence electrons. The van der Waals surface area contributed by atoms with E-state index >= 15 is 0 Å². The highest BCUT2D eigenvalue weighted by molar-refractivity contribution is 4.76. The van der Waals surface area contributed by atoms with Crippen molar-refractivity contribution in [3.05, 3.63) is 0 Å². The molecule has 0 radical (unpaired) electrons. The van der Waals surface area contributed by atoms with Crippen molar-refractivity contribution < 1.29 is 19.3 Å². The molecule has 4 nitrogen and oxygen atoms in total. The van der Waals surface area contributed by atoms with E-state index in [1.54, 1.807) is 7.11 Å². The molecule has 0 aromatic heterocycles. The maximum Gasteiger partial charge on any atom is 0.154 e. The van der Waals surface area contributed by atoms with E-state index in [0.717, 1.165) is 32.3 Å². The molecule has 0 fully saturated rings. The van der Waals surface area contributed by atoms with Crippen molar-refractivity contribution in [2.24, 2.45) is 11.3 Å². The minimum atomic E-state index is -0.663. The van der Waals surface area contributed by atoms with Crippen molar-refractivity contribution in [1.29, 1.82) is 0 Å². The highest BCUT2D eigenvalue weighted by atomic mass is 16.6. The minimum absolute atomic E-state index is 0.204. The summed E-state index contributed by atoms with van der Waals surface area (Å²) < 4.78 is 16.0. The van der Waals surface area contributed by atoms with Gasteiger partial charge < -0.3 is 19.3 Å². The van der Waals surface area contributed by atoms with E-state index in [9.17, 15) is 5.11 Å². The van der Waals surface area contributed by atoms with Crippen molar-refractivity contribution in [3.8, 4) is 0 Å². The van der Waals surface area contributed by atoms with E-state index in [4.69, 9.17) is 14.2 Å². The Labute approximate surface area is 131 Å². The standard InChI is InChI=1S/C17H36O4/c1-7-15(21-12-8-9-16(18)20-6)11-10-14(2)17(3,4)13-19-5/h14-16,18H,7-13H2,1-6H3. The SMILES string of the molecule is CCC(CCC(C)C(C)(C)COC)OCCCC(O)OC. The van der Waals surface area contributed by atoms with Gasteiger partial charge in [-0.25, -0.2) is 0 Å². The van der Waals surface area contributed by atoms with Crippen molar-refractivity contribution in [2.75, 3.05) is 27.4 Å². The number of aliphatic hydroxyl groups excluding tert-OH is 1. The summed E-state index contributed by atoms with van der Waals surface area (Å²) in [7, 11) is 3.28. The van der Waals surface area contributed by atoms with Crippen LogP contribution in [0.3, 0.4) is 0 Å². The Morgan fingerprint density at radius 3 is 2.29 bits per heavy atom. The third-order valence-corrected chi connectivity index (χ3v) is 4.45. The van der Waals surface area contributed by atoms with Gasteiger partial charge in [-0.15, -0.1) is 0 Å². The van der Waals surface area contributed by atoms with Gasteiger partial charge in [0.05, 0.1) is 12.7 Å². The Morgan fingerprint density at radius 1 is 1.10 bits per heavy atom. The van der Waals surface area contributed by atoms with Crippen molar-refractivity contribution in [1.82, 2.24) is 0 Å². The molecule has 4 heteroatoms. The predicted octanol–water partition coefficient (Wildman–Crippen LogP) is 3.62. The normalized spacial score (nSPS) is 16.7. The van der Waals surface area contributed by atoms with Crippen molar-refractivity contribution >= 4 is 0 Å². The smallest absolute Gasteiger partial charge is 0.154 e. The third kappa shape index (κ3) is 9.46. The Morgan fingerprint density at radius 2 is 1.76 bits per heavy atom. The molecule has 0 saturated carbocycles. The molecule has 0 saturated heterocycles. The van der Waals surface area contributed by atoms with Crippen LogP contribution in [0.25, 0.3) is 0 Å². The third-order valence-electron chi connectivity index (χ3n) is 4.45. The predicted molar refractivity (Wildman–Crippen MR) is 86.3 cm³/mol. The molecule has 0 aliphatic carbocycles. The molecule has 0 aromatic rings. The summed E-state index contributed by atoms with van der Waals surface area (Å²) in [5.41, 5.74) is 0.204. The van der Waals surface area contributed by atoms with E-state index in [2.05, 4.69) is 27.7 Å². The van der Waals surface area contributed by atoms with Crippen LogP contribution in [0.1, 0.15) is 59.8 Å². The van der Waals surface area contributed by atoms with Gasteiger partial charge in [0.25, 0.3) is 0 Å². The fourth-order valence-electron chi connectivity index (χ4n) is 2.37. The average molecular weight is 304 g/mol. The lowest BCUT2D eigenvalue weighted by Crippen LogP contribution is -2.28. The fraction of sp³-hybridized carbons (Fsp3) is 1.00. The molecule has 1 N–H and O–H groups in total. The molecule has 0 aliphatic rings. The van der Waals surface area contributed by atoms with Crippen LogP contribution < -0.4 is 0 Å². The molecule has 0 rings (SSSR count). The monoisotopic (exact) mass is 304 g/mol. The largest absolute Gasteiger partial charge is 0.384 e. The zero-order valence-electron chi connectivity index (χ0n) is 14.9. The number of methoxy groups -OCH3 is 2. The second-order valence-electron chi connectivity index (χ2n) is 6.63. The van der Waals surface area contributed by atoms with Crippen LogP contribution in [-0.2, 0) is 14.2 Å². The lowest BCUT2D eigenvalue weighted by Gasteiger charge is -2.32. The summed E-state index contributed by atoms with van der Waals surface area (Å²) in [6.07, 6.45) is 4.37. The molecule has 0 bridgehead atoms. The summed E-state index contributed by atoms with van der Waals surface area (Å²) >= 11 is 0. The second-order valence-corrected chi connectivity index (χ2v) is 6.63. The quantitative estimate of drug-likeness (QED) is 0.417. The van der Waals surface area contributed by atoms with Gasteiger partial charge in [-0.1, -0.05) is 27.7 Å². The fourth-order valence-corrected chi connectivity index (χ4v) is 2.37. The van der Waals surface area contributed by atoms with Gasteiger partial charge in [0.2, 0.25) is 0 Å². The van der Waals surface area contributed by atoms with Crippen LogP contribution in [0.15, 0.2) is 0 Å². The van der Waals surface area contributed by atoms with Gasteiger partial charge in [0, 0.05) is 27.2 Å². The first kappa shape index (κ1) is 20.8. The molecular weight excluding hydrogens is 268 g/mol. The Balaban J connectivity index is 3.93. The average Bonchev–Trinajstić information content (AvgIpc) is 2.45. The first-order valence-corrected chi connectivity index (χ1v) is 8.18. The van der Waals surface area contributed by atoms with E-state index in [-0.39, 0.29) is 5.41 Å². The van der Waals surface area contributed by atoms with Crippen LogP contribution in [0.2, 0.25) is 0 Å². The molecule has 21 heavy (non-hydrogen) atoms. The van der Waals surface area contributed by atoms with Gasteiger partial charge in [0.1, 0.15) is 0 Å². The van der Waals surface area contributed by atoms with Crippen LogP contribution in [-0.4, -0.2) is 44.9 Å². The van der Waals surface area contributed by atoms with Gasteiger partial charge in [-0.2, -0.15) is 0 Å². The maximum atomic E-state index is 9.31. The zero-order valence-corrected chi connectivity index (χ0v) is 14.9. The maximum absolute atomic E-state index is 9.31. The first-order chi connectivity index (χ1) is 9.87. The number of hydrogen-bond donors (Lipinski definition) is 1. The van der Waals surface area contributed by atoms with E-state index in [0.29, 0.717) is 25.0 Å². The number of ether oxygens (including phenoxy) is 3. The van der Waals surface area contributed by atoms with Crippen molar-refractivity contribution in [2.45, 2.75) is 72.2 Å². The summed E-state index contributed by atoms with van der Waals surface area (Å²) in [5, 5.41) is 9.31. The highest BCUT2D eigenvalue weighted by Gasteiger charge is 2.26. The Hall–Kier alpha value is -0.160. The lowest BCUT2D eigenvalue weighted by atomic mass is 9.78. The number of rotatable bonds is 13. The number of aliphatic hydroxyl groups is 1. The second kappa shape index (κ2) is 11.4. The first-order valence-electron chi connectivity index (χ1n) is 8.18. The van der Waals surface area contributed by atoms with Gasteiger partial charge in [-0.3, -0.25) is 0 Å². The molecule has 0 spiro atoms. The zero-order chi connectivity index (χ0) is 16.3. The van der Waals surface area contributed by atoms with E-state index in [1.165, 1.54) is 7.11 Å². The summed E-state index contributed by atoms with van der Waals surface area (Å²) in [6.45, 7) is 10.5. The molecule has 0 aromatic carbocycles. The summed E-state index contributed by atoms with van der Waals surface area (Å²) in [6, 6.07) is 0. The van der Waals surface area contributed by atoms with Crippen LogP contribution >= 0.6 is 0 Å². The van der Waals surface area contributed by atoms with Crippen LogP contribution in [0, 0.1) is 11.3 Å². The topological polar surface area (TPSA) is 47.9 Å². The molecule has 3 atom stereocenters. The van der Waals surface area contributed by atoms with Gasteiger partial charge in [0.15, 0.2) is 6.29 Å².